The summed E-state index contributed by atoms with van der Waals surface area (Å²) in [6.07, 6.45) is 3.95. The molecular weight excluding hydrogens is 280 g/mol. The van der Waals surface area contributed by atoms with Crippen molar-refractivity contribution in [3.63, 3.8) is 0 Å². The predicted octanol–water partition coefficient (Wildman–Crippen LogP) is 2.57. The third-order valence-corrected chi connectivity index (χ3v) is 5.23. The first-order valence-electron chi connectivity index (χ1n) is 6.66. The van der Waals surface area contributed by atoms with Crippen LogP contribution >= 0.6 is 23.1 Å². The first-order chi connectivity index (χ1) is 9.20. The Morgan fingerprint density at radius 1 is 1.68 bits per heavy atom. The van der Waals surface area contributed by atoms with E-state index < -0.39 is 0 Å². The summed E-state index contributed by atoms with van der Waals surface area (Å²) in [6, 6.07) is -0.0243. The Kier molecular flexibility index (Phi) is 5.66. The van der Waals surface area contributed by atoms with Gasteiger partial charge in [-0.05, 0) is 33.2 Å². The van der Waals surface area contributed by atoms with E-state index in [4.69, 9.17) is 4.74 Å². The van der Waals surface area contributed by atoms with Gasteiger partial charge in [0, 0.05) is 12.3 Å². The van der Waals surface area contributed by atoms with Crippen molar-refractivity contribution in [3.05, 3.63) is 11.2 Å². The van der Waals surface area contributed by atoms with Crippen LogP contribution in [0.1, 0.15) is 24.8 Å². The van der Waals surface area contributed by atoms with Crippen LogP contribution < -0.4 is 0 Å². The molecule has 1 aliphatic heterocycles. The Labute approximate surface area is 122 Å². The lowest BCUT2D eigenvalue weighted by Crippen LogP contribution is -2.38. The molecule has 0 aromatic carbocycles. The summed E-state index contributed by atoms with van der Waals surface area (Å²) >= 11 is 3.54. The Morgan fingerprint density at radius 3 is 3.21 bits per heavy atom. The zero-order chi connectivity index (χ0) is 13.7. The quantitative estimate of drug-likeness (QED) is 0.597. The Hall–Kier alpha value is -0.590. The van der Waals surface area contributed by atoms with Gasteiger partial charge >= 0.3 is 5.97 Å². The van der Waals surface area contributed by atoms with Gasteiger partial charge in [-0.1, -0.05) is 0 Å². The van der Waals surface area contributed by atoms with Crippen LogP contribution in [0.4, 0.5) is 0 Å². The molecule has 4 nitrogen and oxygen atoms in total. The Morgan fingerprint density at radius 2 is 2.53 bits per heavy atom. The number of carbonyl (C=O) groups is 1. The molecule has 1 atom stereocenters. The molecule has 0 saturated carbocycles. The highest BCUT2D eigenvalue weighted by atomic mass is 32.2. The lowest BCUT2D eigenvalue weighted by molar-refractivity contribution is -0.148. The second-order valence-electron chi connectivity index (χ2n) is 4.49. The molecule has 0 N–H and O–H groups in total. The molecule has 6 heteroatoms. The van der Waals surface area contributed by atoms with Gasteiger partial charge in [-0.25, -0.2) is 4.98 Å². The number of likely N-dealkylation sites (tertiary alicyclic amines) is 1. The van der Waals surface area contributed by atoms with Crippen molar-refractivity contribution in [2.75, 3.05) is 25.4 Å². The number of carbonyl (C=O) groups excluding carboxylic acids is 1. The van der Waals surface area contributed by atoms with E-state index in [-0.39, 0.29) is 12.0 Å². The maximum Gasteiger partial charge on any atom is 0.323 e. The molecule has 0 bridgehead atoms. The largest absolute Gasteiger partial charge is 0.465 e. The van der Waals surface area contributed by atoms with Gasteiger partial charge in [0.25, 0.3) is 0 Å². The third kappa shape index (κ3) is 4.19. The summed E-state index contributed by atoms with van der Waals surface area (Å²) in [7, 11) is 0. The molecule has 106 valence electrons. The zero-order valence-electron chi connectivity index (χ0n) is 11.4. The monoisotopic (exact) mass is 300 g/mol. The van der Waals surface area contributed by atoms with E-state index in [1.165, 1.54) is 4.21 Å². The SMILES string of the molecule is CCOC(=O)[C@@H]1CCCN1CCSc1cnc(C)s1. The van der Waals surface area contributed by atoms with Gasteiger partial charge in [-0.15, -0.1) is 23.1 Å². The number of thiazole rings is 1. The number of thioether (sulfide) groups is 1. The number of nitrogens with zero attached hydrogens (tertiary/aromatic N) is 2. The van der Waals surface area contributed by atoms with Gasteiger partial charge in [0.05, 0.1) is 22.0 Å². The summed E-state index contributed by atoms with van der Waals surface area (Å²) in [4.78, 5) is 18.3. The van der Waals surface area contributed by atoms with Gasteiger partial charge in [0.15, 0.2) is 0 Å². The summed E-state index contributed by atoms with van der Waals surface area (Å²) in [5.74, 6) is 0.941. The summed E-state index contributed by atoms with van der Waals surface area (Å²) < 4.78 is 6.38. The minimum absolute atomic E-state index is 0.0243. The summed E-state index contributed by atoms with van der Waals surface area (Å²) in [6.45, 7) is 6.29. The molecule has 2 rings (SSSR count). The molecule has 2 heterocycles. The average Bonchev–Trinajstić information content (AvgIpc) is 2.99. The van der Waals surface area contributed by atoms with E-state index in [9.17, 15) is 4.79 Å². The zero-order valence-corrected chi connectivity index (χ0v) is 13.1. The van der Waals surface area contributed by atoms with Gasteiger partial charge in [-0.3, -0.25) is 9.69 Å². The molecule has 0 aliphatic carbocycles. The minimum Gasteiger partial charge on any atom is -0.465 e. The smallest absolute Gasteiger partial charge is 0.323 e. The van der Waals surface area contributed by atoms with Gasteiger partial charge < -0.3 is 4.74 Å². The third-order valence-electron chi connectivity index (χ3n) is 3.15. The average molecular weight is 300 g/mol. The molecule has 0 radical (unpaired) electrons. The van der Waals surface area contributed by atoms with Crippen molar-refractivity contribution in [1.29, 1.82) is 0 Å². The minimum atomic E-state index is -0.0568. The highest BCUT2D eigenvalue weighted by Gasteiger charge is 2.31. The molecule has 0 unspecified atom stereocenters. The Bertz CT molecular complexity index is 423. The van der Waals surface area contributed by atoms with Crippen molar-refractivity contribution in [1.82, 2.24) is 9.88 Å². The Balaban J connectivity index is 1.76. The molecule has 0 spiro atoms. The van der Waals surface area contributed by atoms with Crippen LogP contribution in [0.15, 0.2) is 10.4 Å². The van der Waals surface area contributed by atoms with Crippen molar-refractivity contribution in [3.8, 4) is 0 Å². The van der Waals surface area contributed by atoms with Crippen LogP contribution in [0.5, 0.6) is 0 Å². The number of aryl methyl sites for hydroxylation is 1. The molecule has 1 aromatic rings. The number of rotatable bonds is 6. The van der Waals surface area contributed by atoms with E-state index >= 15 is 0 Å². The van der Waals surface area contributed by atoms with E-state index in [2.05, 4.69) is 9.88 Å². The van der Waals surface area contributed by atoms with Crippen molar-refractivity contribution in [2.45, 2.75) is 36.9 Å². The molecule has 0 amide bonds. The van der Waals surface area contributed by atoms with Crippen LogP contribution in [-0.4, -0.2) is 47.3 Å². The van der Waals surface area contributed by atoms with Crippen LogP contribution in [0, 0.1) is 6.92 Å². The second-order valence-corrected chi connectivity index (χ2v) is 7.12. The number of hydrogen-bond donors (Lipinski definition) is 0. The normalized spacial score (nSPS) is 19.8. The highest BCUT2D eigenvalue weighted by molar-refractivity contribution is 8.01. The standard InChI is InChI=1S/C13H20N2O2S2/c1-3-17-13(16)11-5-4-6-15(11)7-8-18-12-9-14-10(2)19-12/h9,11H,3-8H2,1-2H3/t11-/m0/s1. The lowest BCUT2D eigenvalue weighted by atomic mass is 10.2. The molecule has 19 heavy (non-hydrogen) atoms. The fourth-order valence-electron chi connectivity index (χ4n) is 2.27. The van der Waals surface area contributed by atoms with Crippen LogP contribution in [0.25, 0.3) is 0 Å². The number of aromatic nitrogens is 1. The first kappa shape index (κ1) is 14.8. The summed E-state index contributed by atoms with van der Waals surface area (Å²) in [5.41, 5.74) is 0. The molecular formula is C13H20N2O2S2. The maximum atomic E-state index is 11.8. The lowest BCUT2D eigenvalue weighted by Gasteiger charge is -2.22. The summed E-state index contributed by atoms with van der Waals surface area (Å²) in [5, 5.41) is 1.10. The van der Waals surface area contributed by atoms with Crippen molar-refractivity contribution in [2.24, 2.45) is 0 Å². The van der Waals surface area contributed by atoms with Gasteiger partial charge in [0.1, 0.15) is 6.04 Å². The van der Waals surface area contributed by atoms with E-state index in [0.717, 1.165) is 36.7 Å². The number of esters is 1. The first-order valence-corrected chi connectivity index (χ1v) is 8.47. The molecule has 1 fully saturated rings. The fraction of sp³-hybridized carbons (Fsp3) is 0.692. The second kappa shape index (κ2) is 7.26. The van der Waals surface area contributed by atoms with Gasteiger partial charge in [-0.2, -0.15) is 0 Å². The van der Waals surface area contributed by atoms with Gasteiger partial charge in [0.2, 0.25) is 0 Å². The molecule has 1 aromatic heterocycles. The topological polar surface area (TPSA) is 42.4 Å². The molecule has 1 saturated heterocycles. The van der Waals surface area contributed by atoms with Crippen molar-refractivity contribution >= 4 is 29.1 Å². The van der Waals surface area contributed by atoms with Crippen LogP contribution in [-0.2, 0) is 9.53 Å². The predicted molar refractivity (Wildman–Crippen MR) is 78.8 cm³/mol. The number of ether oxygens (including phenoxy) is 1. The van der Waals surface area contributed by atoms with E-state index in [1.807, 2.05) is 31.8 Å². The fourth-order valence-corrected chi connectivity index (χ4v) is 4.27. The van der Waals surface area contributed by atoms with E-state index in [0.29, 0.717) is 6.61 Å². The number of hydrogen-bond acceptors (Lipinski definition) is 6. The van der Waals surface area contributed by atoms with E-state index in [1.54, 1.807) is 11.3 Å². The molecule has 1 aliphatic rings. The van der Waals surface area contributed by atoms with Crippen molar-refractivity contribution < 1.29 is 9.53 Å². The highest BCUT2D eigenvalue weighted by Crippen LogP contribution is 2.26. The van der Waals surface area contributed by atoms with Crippen LogP contribution in [0.3, 0.4) is 0 Å². The van der Waals surface area contributed by atoms with Crippen LogP contribution in [0.2, 0.25) is 0 Å². The maximum absolute atomic E-state index is 11.8.